The summed E-state index contributed by atoms with van der Waals surface area (Å²) in [5.41, 5.74) is 11.8. The molecule has 0 amide bonds. The zero-order valence-electron chi connectivity index (χ0n) is 16.2. The number of nitrogens with one attached hydrogen (secondary N) is 1. The lowest BCUT2D eigenvalue weighted by molar-refractivity contribution is -0.137. The van der Waals surface area contributed by atoms with Gasteiger partial charge >= 0.3 is 5.97 Å². The molecule has 0 atom stereocenters. The molecule has 0 fully saturated rings. The Labute approximate surface area is 164 Å². The maximum absolute atomic E-state index is 11.7. The lowest BCUT2D eigenvalue weighted by atomic mass is 10.0. The molecule has 5 nitrogen and oxygen atoms in total. The minimum Gasteiger partial charge on any atom is -0.463 e. The minimum absolute atomic E-state index is 0.0442. The van der Waals surface area contributed by atoms with Gasteiger partial charge in [-0.1, -0.05) is 36.4 Å². The number of ether oxygens (including phenoxy) is 1. The van der Waals surface area contributed by atoms with Crippen molar-refractivity contribution in [3.63, 3.8) is 0 Å². The van der Waals surface area contributed by atoms with Crippen LogP contribution in [0.15, 0.2) is 54.6 Å². The van der Waals surface area contributed by atoms with Crippen LogP contribution in [0, 0.1) is 12.3 Å². The number of carbonyl (C=O) groups is 1. The Morgan fingerprint density at radius 1 is 1.14 bits per heavy atom. The summed E-state index contributed by atoms with van der Waals surface area (Å²) in [7, 11) is 0. The van der Waals surface area contributed by atoms with E-state index in [9.17, 15) is 4.79 Å². The molecular weight excluding hydrogens is 350 g/mol. The van der Waals surface area contributed by atoms with E-state index in [1.807, 2.05) is 55.5 Å². The second-order valence-corrected chi connectivity index (χ2v) is 6.63. The minimum atomic E-state index is -0.344. The van der Waals surface area contributed by atoms with Gasteiger partial charge in [0.15, 0.2) is 0 Å². The van der Waals surface area contributed by atoms with Gasteiger partial charge in [0.25, 0.3) is 0 Å². The van der Waals surface area contributed by atoms with Gasteiger partial charge in [0.05, 0.1) is 17.8 Å². The summed E-state index contributed by atoms with van der Waals surface area (Å²) in [4.78, 5) is 16.5. The van der Waals surface area contributed by atoms with Gasteiger partial charge in [0.2, 0.25) is 0 Å². The predicted octanol–water partition coefficient (Wildman–Crippen LogP) is 4.46. The summed E-state index contributed by atoms with van der Waals surface area (Å²) in [5, 5.41) is 8.58. The van der Waals surface area contributed by atoms with E-state index in [0.717, 1.165) is 38.9 Å². The SMILES string of the molecule is CCOC(=O)/C=C(\C)c1ccc2c(C)cc(-c3ccc(C(=N)N)cc3)nc2c1. The summed E-state index contributed by atoms with van der Waals surface area (Å²) in [6, 6.07) is 15.5. The van der Waals surface area contributed by atoms with E-state index in [1.54, 1.807) is 6.92 Å². The van der Waals surface area contributed by atoms with Crippen molar-refractivity contribution in [1.82, 2.24) is 4.98 Å². The number of rotatable bonds is 5. The lowest BCUT2D eigenvalue weighted by Crippen LogP contribution is -2.10. The second kappa shape index (κ2) is 8.05. The largest absolute Gasteiger partial charge is 0.463 e. The highest BCUT2D eigenvalue weighted by Gasteiger charge is 2.08. The van der Waals surface area contributed by atoms with Crippen molar-refractivity contribution in [1.29, 1.82) is 5.41 Å². The quantitative estimate of drug-likeness (QED) is 0.299. The van der Waals surface area contributed by atoms with Crippen molar-refractivity contribution in [3.05, 3.63) is 71.3 Å². The topological polar surface area (TPSA) is 89.1 Å². The Hall–Kier alpha value is -3.47. The molecule has 1 aromatic heterocycles. The first kappa shape index (κ1) is 19.3. The van der Waals surface area contributed by atoms with E-state index in [-0.39, 0.29) is 11.8 Å². The van der Waals surface area contributed by atoms with E-state index in [0.29, 0.717) is 12.2 Å². The fourth-order valence-electron chi connectivity index (χ4n) is 3.06. The van der Waals surface area contributed by atoms with Crippen molar-refractivity contribution >= 4 is 28.3 Å². The number of nitrogens with zero attached hydrogens (tertiary/aromatic N) is 1. The first-order valence-electron chi connectivity index (χ1n) is 9.10. The Morgan fingerprint density at radius 2 is 1.82 bits per heavy atom. The summed E-state index contributed by atoms with van der Waals surface area (Å²) in [6.07, 6.45) is 1.50. The second-order valence-electron chi connectivity index (χ2n) is 6.63. The van der Waals surface area contributed by atoms with Crippen LogP contribution in [0.2, 0.25) is 0 Å². The number of pyridine rings is 1. The average Bonchev–Trinajstić information content (AvgIpc) is 2.67. The molecule has 3 N–H and O–H groups in total. The van der Waals surface area contributed by atoms with Gasteiger partial charge in [0, 0.05) is 22.6 Å². The van der Waals surface area contributed by atoms with Gasteiger partial charge in [-0.2, -0.15) is 0 Å². The van der Waals surface area contributed by atoms with Gasteiger partial charge in [-0.25, -0.2) is 9.78 Å². The summed E-state index contributed by atoms with van der Waals surface area (Å²) in [5.74, 6) is -0.300. The number of hydrogen-bond donors (Lipinski definition) is 2. The number of nitrogen functional groups attached to an aromatic ring is 1. The zero-order chi connectivity index (χ0) is 20.3. The molecule has 142 valence electrons. The van der Waals surface area contributed by atoms with Crippen LogP contribution < -0.4 is 5.73 Å². The molecular formula is C23H23N3O2. The van der Waals surface area contributed by atoms with E-state index < -0.39 is 0 Å². The maximum atomic E-state index is 11.7. The number of aryl methyl sites for hydroxylation is 1. The fraction of sp³-hybridized carbons (Fsp3) is 0.174. The van der Waals surface area contributed by atoms with E-state index in [1.165, 1.54) is 6.08 Å². The van der Waals surface area contributed by atoms with Crippen molar-refractivity contribution in [2.24, 2.45) is 5.73 Å². The lowest BCUT2D eigenvalue weighted by Gasteiger charge is -2.10. The Morgan fingerprint density at radius 3 is 2.46 bits per heavy atom. The Balaban J connectivity index is 2.03. The number of hydrogen-bond acceptors (Lipinski definition) is 4. The first-order chi connectivity index (χ1) is 13.4. The molecule has 0 bridgehead atoms. The van der Waals surface area contributed by atoms with Gasteiger partial charge in [-0.05, 0) is 49.6 Å². The van der Waals surface area contributed by atoms with E-state index >= 15 is 0 Å². The third-order valence-electron chi connectivity index (χ3n) is 4.58. The summed E-state index contributed by atoms with van der Waals surface area (Å²) in [6.45, 7) is 6.08. The molecule has 0 saturated carbocycles. The van der Waals surface area contributed by atoms with Crippen molar-refractivity contribution in [3.8, 4) is 11.3 Å². The highest BCUT2D eigenvalue weighted by atomic mass is 16.5. The number of carbonyl (C=O) groups excluding carboxylic acids is 1. The normalized spacial score (nSPS) is 11.5. The molecule has 28 heavy (non-hydrogen) atoms. The molecule has 5 heteroatoms. The molecule has 0 radical (unpaired) electrons. The van der Waals surface area contributed by atoms with Gasteiger partial charge in [-0.3, -0.25) is 5.41 Å². The van der Waals surface area contributed by atoms with Gasteiger partial charge in [-0.15, -0.1) is 0 Å². The molecule has 3 rings (SSSR count). The van der Waals surface area contributed by atoms with Crippen LogP contribution in [-0.4, -0.2) is 23.4 Å². The number of esters is 1. The van der Waals surface area contributed by atoms with Gasteiger partial charge in [0.1, 0.15) is 5.84 Å². The highest BCUT2D eigenvalue weighted by molar-refractivity contribution is 5.96. The van der Waals surface area contributed by atoms with Crippen LogP contribution in [0.4, 0.5) is 0 Å². The number of aromatic nitrogens is 1. The van der Waals surface area contributed by atoms with Crippen LogP contribution >= 0.6 is 0 Å². The molecule has 0 aliphatic heterocycles. The van der Waals surface area contributed by atoms with Crippen molar-refractivity contribution in [2.45, 2.75) is 20.8 Å². The van der Waals surface area contributed by atoms with Crippen LogP contribution in [0.3, 0.4) is 0 Å². The smallest absolute Gasteiger partial charge is 0.331 e. The fourth-order valence-corrected chi connectivity index (χ4v) is 3.06. The molecule has 0 unspecified atom stereocenters. The standard InChI is InChI=1S/C23H23N3O2/c1-4-28-22(27)12-14(2)18-9-10-19-15(3)11-20(26-21(19)13-18)16-5-7-17(8-6-16)23(24)25/h5-13H,4H2,1-3H3,(H3,24,25)/b14-12+. The Kier molecular flexibility index (Phi) is 5.54. The Bertz CT molecular complexity index is 1080. The third kappa shape index (κ3) is 4.09. The molecule has 1 heterocycles. The predicted molar refractivity (Wildman–Crippen MR) is 113 cm³/mol. The molecule has 3 aromatic rings. The molecule has 0 aliphatic rings. The molecule has 0 aliphatic carbocycles. The molecule has 0 saturated heterocycles. The number of benzene rings is 2. The van der Waals surface area contributed by atoms with Gasteiger partial charge < -0.3 is 10.5 Å². The number of allylic oxidation sites excluding steroid dienone is 1. The number of amidine groups is 1. The maximum Gasteiger partial charge on any atom is 0.331 e. The third-order valence-corrected chi connectivity index (χ3v) is 4.58. The monoisotopic (exact) mass is 373 g/mol. The van der Waals surface area contributed by atoms with Crippen LogP contribution in [0.5, 0.6) is 0 Å². The highest BCUT2D eigenvalue weighted by Crippen LogP contribution is 2.27. The summed E-state index contributed by atoms with van der Waals surface area (Å²) < 4.78 is 4.99. The summed E-state index contributed by atoms with van der Waals surface area (Å²) >= 11 is 0. The number of nitrogens with two attached hydrogens (primary N) is 1. The molecule has 0 spiro atoms. The average molecular weight is 373 g/mol. The van der Waals surface area contributed by atoms with E-state index in [2.05, 4.69) is 6.92 Å². The van der Waals surface area contributed by atoms with Crippen LogP contribution in [-0.2, 0) is 9.53 Å². The first-order valence-corrected chi connectivity index (χ1v) is 9.10. The van der Waals surface area contributed by atoms with Crippen LogP contribution in [0.1, 0.15) is 30.5 Å². The zero-order valence-corrected chi connectivity index (χ0v) is 16.2. The van der Waals surface area contributed by atoms with Crippen LogP contribution in [0.25, 0.3) is 27.7 Å². The number of fused-ring (bicyclic) bond motifs is 1. The molecule has 2 aromatic carbocycles. The van der Waals surface area contributed by atoms with E-state index in [4.69, 9.17) is 20.9 Å². The van der Waals surface area contributed by atoms with Crippen molar-refractivity contribution in [2.75, 3.05) is 6.61 Å². The van der Waals surface area contributed by atoms with Crippen molar-refractivity contribution < 1.29 is 9.53 Å².